The van der Waals surface area contributed by atoms with E-state index in [1.54, 1.807) is 4.90 Å². The Labute approximate surface area is 298 Å². The highest BCUT2D eigenvalue weighted by Gasteiger charge is 2.59. The van der Waals surface area contributed by atoms with Crippen LogP contribution in [-0.4, -0.2) is 50.2 Å². The molecule has 0 heterocycles. The zero-order valence-corrected chi connectivity index (χ0v) is 30.0. The summed E-state index contributed by atoms with van der Waals surface area (Å²) < 4.78 is 0. The summed E-state index contributed by atoms with van der Waals surface area (Å²) in [5.74, 6) is -1.57. The standard InChI is InChI=1S/C44H54N2O4/c1-32(2)38(43(49,28-34-18-9-5-10-19-34)29-35-20-11-6-12-21-35)46(41(48)42(40(45)47)26-17-27-42)39(33(3)4)44(50,30-36-22-13-7-14-23-36)31-37-24-15-8-16-25-37/h5-16,18-25,32-33,38-39,49-50H,17,26-31H2,1-4H3,(H2,45,47). The number of hydrogen-bond acceptors (Lipinski definition) is 4. The zero-order chi connectivity index (χ0) is 35.9. The van der Waals surface area contributed by atoms with Gasteiger partial charge in [-0.1, -0.05) is 155 Å². The fourth-order valence-corrected chi connectivity index (χ4v) is 8.51. The summed E-state index contributed by atoms with van der Waals surface area (Å²) in [7, 11) is 0. The smallest absolute Gasteiger partial charge is 0.238 e. The molecule has 50 heavy (non-hydrogen) atoms. The maximum absolute atomic E-state index is 15.5. The van der Waals surface area contributed by atoms with E-state index in [0.29, 0.717) is 19.3 Å². The fraction of sp³-hybridized carbons (Fsp3) is 0.409. The molecule has 6 nitrogen and oxygen atoms in total. The average Bonchev–Trinajstić information content (AvgIpc) is 3.05. The molecule has 0 bridgehead atoms. The van der Waals surface area contributed by atoms with Crippen molar-refractivity contribution in [3.8, 4) is 0 Å². The Morgan fingerprint density at radius 3 is 1.08 bits per heavy atom. The second-order valence-corrected chi connectivity index (χ2v) is 15.2. The van der Waals surface area contributed by atoms with Gasteiger partial charge in [-0.25, -0.2) is 0 Å². The van der Waals surface area contributed by atoms with Crippen LogP contribution in [0, 0.1) is 17.3 Å². The number of carbonyl (C=O) groups excluding carboxylic acids is 2. The minimum atomic E-state index is -1.48. The lowest BCUT2D eigenvalue weighted by atomic mass is 9.64. The highest BCUT2D eigenvalue weighted by molar-refractivity contribution is 6.05. The van der Waals surface area contributed by atoms with Crippen molar-refractivity contribution in [2.24, 2.45) is 23.0 Å². The van der Waals surface area contributed by atoms with E-state index in [9.17, 15) is 15.0 Å². The lowest BCUT2D eigenvalue weighted by Crippen LogP contribution is -2.72. The first-order chi connectivity index (χ1) is 23.9. The van der Waals surface area contributed by atoms with E-state index >= 15 is 4.79 Å². The lowest BCUT2D eigenvalue weighted by molar-refractivity contribution is -0.183. The van der Waals surface area contributed by atoms with Gasteiger partial charge in [0.1, 0.15) is 5.41 Å². The Balaban J connectivity index is 1.76. The van der Waals surface area contributed by atoms with Crippen molar-refractivity contribution < 1.29 is 19.8 Å². The number of nitrogens with two attached hydrogens (primary N) is 1. The Morgan fingerprint density at radius 2 is 0.880 bits per heavy atom. The van der Waals surface area contributed by atoms with Crippen molar-refractivity contribution in [2.45, 2.75) is 95.9 Å². The first-order valence-electron chi connectivity index (χ1n) is 18.1. The molecule has 2 unspecified atom stereocenters. The molecule has 2 atom stereocenters. The van der Waals surface area contributed by atoms with Crippen LogP contribution in [0.5, 0.6) is 0 Å². The van der Waals surface area contributed by atoms with Crippen LogP contribution in [0.4, 0.5) is 0 Å². The molecule has 4 aromatic rings. The van der Waals surface area contributed by atoms with Crippen LogP contribution in [0.2, 0.25) is 0 Å². The van der Waals surface area contributed by atoms with E-state index < -0.39 is 40.5 Å². The summed E-state index contributed by atoms with van der Waals surface area (Å²) in [6.45, 7) is 8.09. The van der Waals surface area contributed by atoms with Gasteiger partial charge in [0, 0.05) is 25.7 Å². The van der Waals surface area contributed by atoms with E-state index in [2.05, 4.69) is 0 Å². The minimum Gasteiger partial charge on any atom is -0.387 e. The number of nitrogens with zero attached hydrogens (tertiary/aromatic N) is 1. The van der Waals surface area contributed by atoms with Crippen molar-refractivity contribution >= 4 is 11.8 Å². The third kappa shape index (κ3) is 8.03. The highest BCUT2D eigenvalue weighted by atomic mass is 16.3. The summed E-state index contributed by atoms with van der Waals surface area (Å²) >= 11 is 0. The van der Waals surface area contributed by atoms with Gasteiger partial charge in [0.2, 0.25) is 11.8 Å². The Bertz CT molecular complexity index is 1480. The average molecular weight is 675 g/mol. The maximum atomic E-state index is 15.5. The molecule has 5 rings (SSSR count). The molecule has 1 aliphatic carbocycles. The molecule has 0 saturated heterocycles. The van der Waals surface area contributed by atoms with Crippen molar-refractivity contribution in [3.63, 3.8) is 0 Å². The van der Waals surface area contributed by atoms with E-state index in [4.69, 9.17) is 5.73 Å². The normalized spacial score (nSPS) is 15.7. The van der Waals surface area contributed by atoms with Crippen LogP contribution in [0.15, 0.2) is 121 Å². The number of carbonyl (C=O) groups is 2. The van der Waals surface area contributed by atoms with E-state index in [1.165, 1.54) is 0 Å². The predicted molar refractivity (Wildman–Crippen MR) is 200 cm³/mol. The summed E-state index contributed by atoms with van der Waals surface area (Å²) in [6, 6.07) is 37.8. The van der Waals surface area contributed by atoms with Crippen LogP contribution in [0.25, 0.3) is 0 Å². The molecule has 1 saturated carbocycles. The van der Waals surface area contributed by atoms with Crippen LogP contribution in [-0.2, 0) is 35.3 Å². The maximum Gasteiger partial charge on any atom is 0.238 e. The number of rotatable bonds is 16. The van der Waals surface area contributed by atoms with E-state index in [1.807, 2.05) is 149 Å². The van der Waals surface area contributed by atoms with Crippen LogP contribution in [0.1, 0.15) is 69.2 Å². The number of benzene rings is 4. The van der Waals surface area contributed by atoms with Crippen molar-refractivity contribution in [1.82, 2.24) is 4.90 Å². The van der Waals surface area contributed by atoms with Gasteiger partial charge in [-0.05, 0) is 46.9 Å². The van der Waals surface area contributed by atoms with Gasteiger partial charge in [0.15, 0.2) is 0 Å². The number of hydrogen-bond donors (Lipinski definition) is 3. The number of amides is 2. The SMILES string of the molecule is CC(C)C(N(C(=O)C1(C(N)=O)CCC1)C(C(C)C)C(O)(Cc1ccccc1)Cc1ccccc1)C(O)(Cc1ccccc1)Cc1ccccc1. The molecule has 1 fully saturated rings. The molecule has 0 radical (unpaired) electrons. The second-order valence-electron chi connectivity index (χ2n) is 15.2. The summed E-state index contributed by atoms with van der Waals surface area (Å²) in [5.41, 5.74) is 5.49. The third-order valence-electron chi connectivity index (χ3n) is 10.7. The van der Waals surface area contributed by atoms with Gasteiger partial charge in [0.25, 0.3) is 0 Å². The molecular weight excluding hydrogens is 620 g/mol. The van der Waals surface area contributed by atoms with Crippen molar-refractivity contribution in [3.05, 3.63) is 144 Å². The van der Waals surface area contributed by atoms with Gasteiger partial charge in [0.05, 0.1) is 23.3 Å². The minimum absolute atomic E-state index is 0.263. The van der Waals surface area contributed by atoms with Crippen LogP contribution >= 0.6 is 0 Å². The number of primary amides is 1. The van der Waals surface area contributed by atoms with Gasteiger partial charge in [-0.15, -0.1) is 0 Å². The molecule has 0 aromatic heterocycles. The van der Waals surface area contributed by atoms with Gasteiger partial charge in [-0.3, -0.25) is 9.59 Å². The third-order valence-corrected chi connectivity index (χ3v) is 10.7. The Hall–Kier alpha value is -4.26. The Morgan fingerprint density at radius 1 is 0.600 bits per heavy atom. The van der Waals surface area contributed by atoms with Crippen molar-refractivity contribution in [2.75, 3.05) is 0 Å². The molecular formula is C44H54N2O4. The molecule has 4 aromatic carbocycles. The molecule has 2 amide bonds. The lowest BCUT2D eigenvalue weighted by Gasteiger charge is -2.56. The molecule has 6 heteroatoms. The summed E-state index contributed by atoms with van der Waals surface area (Å²) in [4.78, 5) is 30.6. The number of aliphatic hydroxyl groups is 2. The quantitative estimate of drug-likeness (QED) is 0.112. The summed E-state index contributed by atoms with van der Waals surface area (Å²) in [6.07, 6.45) is 2.45. The predicted octanol–water partition coefficient (Wildman–Crippen LogP) is 6.95. The Kier molecular flexibility index (Phi) is 11.7. The van der Waals surface area contributed by atoms with Crippen molar-refractivity contribution in [1.29, 1.82) is 0 Å². The van der Waals surface area contributed by atoms with Gasteiger partial charge < -0.3 is 20.8 Å². The summed E-state index contributed by atoms with van der Waals surface area (Å²) in [5, 5.41) is 26.7. The zero-order valence-electron chi connectivity index (χ0n) is 30.0. The van der Waals surface area contributed by atoms with Crippen LogP contribution in [0.3, 0.4) is 0 Å². The first-order valence-corrected chi connectivity index (χ1v) is 18.1. The topological polar surface area (TPSA) is 104 Å². The highest BCUT2D eigenvalue weighted by Crippen LogP contribution is 2.47. The van der Waals surface area contributed by atoms with E-state index in [0.717, 1.165) is 22.3 Å². The monoisotopic (exact) mass is 674 g/mol. The molecule has 4 N–H and O–H groups in total. The molecule has 264 valence electrons. The molecule has 1 aliphatic rings. The fourth-order valence-electron chi connectivity index (χ4n) is 8.51. The van der Waals surface area contributed by atoms with Crippen LogP contribution < -0.4 is 5.73 Å². The van der Waals surface area contributed by atoms with Gasteiger partial charge in [-0.2, -0.15) is 0 Å². The second kappa shape index (κ2) is 15.7. The molecule has 0 spiro atoms. The first kappa shape index (κ1) is 37.0. The van der Waals surface area contributed by atoms with Gasteiger partial charge >= 0.3 is 0 Å². The van der Waals surface area contributed by atoms with E-state index in [-0.39, 0.29) is 37.5 Å². The molecule has 0 aliphatic heterocycles. The largest absolute Gasteiger partial charge is 0.387 e.